The van der Waals surface area contributed by atoms with Crippen LogP contribution in [0.4, 0.5) is 13.2 Å². The predicted octanol–water partition coefficient (Wildman–Crippen LogP) is 6.22. The Hall–Kier alpha value is -3.88. The number of aliphatic carboxylic acids is 1. The lowest BCUT2D eigenvalue weighted by atomic mass is 10.2. The molecule has 0 unspecified atom stereocenters. The molecule has 0 amide bonds. The molecule has 0 fully saturated rings. The van der Waals surface area contributed by atoms with Gasteiger partial charge in [0.05, 0.1) is 19.4 Å². The van der Waals surface area contributed by atoms with Gasteiger partial charge in [-0.1, -0.05) is 54.4 Å². The van der Waals surface area contributed by atoms with Gasteiger partial charge in [0.25, 0.3) is 0 Å². The number of halogens is 6. The van der Waals surface area contributed by atoms with Gasteiger partial charge in [-0.05, 0) is 25.1 Å². The number of hydrogen-bond donors (Lipinski definition) is 2. The van der Waals surface area contributed by atoms with E-state index in [0.717, 1.165) is 24.4 Å². The summed E-state index contributed by atoms with van der Waals surface area (Å²) >= 11 is 16.4. The fourth-order valence-corrected chi connectivity index (χ4v) is 3.49. The standard InChI is InChI=1S/C9H9ClFNO2.C7H5ClFNO2.C6H3ClFNO2.C4H10N2Si/c1-2-14-8(13)5-6-7(11)3-4-12-9(6)10;8-7-4(3-6(11)12)5(9)1-2-10-7;7-5-4(6(10)11)3(8)1-2-9-5;1-7(2,3)4-6-5/h3-4H,2,5H2,1H3;1-2H,3H2,(H,11,12);1-2H,(H,10,11);4H,1-3H3. The van der Waals surface area contributed by atoms with Crippen LogP contribution in [0.2, 0.25) is 35.1 Å². The highest BCUT2D eigenvalue weighted by atomic mass is 35.5. The van der Waals surface area contributed by atoms with Gasteiger partial charge in [0, 0.05) is 29.7 Å². The van der Waals surface area contributed by atoms with Crippen molar-refractivity contribution < 1.29 is 47.3 Å². The van der Waals surface area contributed by atoms with E-state index in [1.807, 2.05) is 0 Å². The van der Waals surface area contributed by atoms with Crippen LogP contribution in [-0.4, -0.2) is 68.4 Å². The van der Waals surface area contributed by atoms with E-state index in [1.165, 1.54) is 12.4 Å². The third-order valence-electron chi connectivity index (χ3n) is 4.36. The number of nitrogens with zero attached hydrogens (tertiary/aromatic N) is 5. The van der Waals surface area contributed by atoms with E-state index in [-0.39, 0.29) is 39.6 Å². The second-order valence-electron chi connectivity index (χ2n) is 9.05. The molecule has 238 valence electrons. The second kappa shape index (κ2) is 20.1. The number of hydrogen-bond acceptors (Lipinski definition) is 7. The number of esters is 1. The van der Waals surface area contributed by atoms with Crippen LogP contribution in [0, 0.1) is 17.5 Å². The Morgan fingerprint density at radius 3 is 1.59 bits per heavy atom. The average Bonchev–Trinajstić information content (AvgIpc) is 2.89. The predicted molar refractivity (Wildman–Crippen MR) is 159 cm³/mol. The van der Waals surface area contributed by atoms with E-state index in [9.17, 15) is 27.6 Å². The number of rotatable bonds is 7. The Bertz CT molecular complexity index is 1430. The van der Waals surface area contributed by atoms with E-state index in [1.54, 1.807) is 12.8 Å². The second-order valence-corrected chi connectivity index (χ2v) is 15.1. The third-order valence-corrected chi connectivity index (χ3v) is 6.19. The molecule has 3 aromatic rings. The normalized spacial score (nSPS) is 9.86. The molecule has 3 rings (SSSR count). The zero-order chi connectivity index (χ0) is 34.0. The Balaban J connectivity index is 0.000000575. The van der Waals surface area contributed by atoms with E-state index < -0.39 is 55.4 Å². The molecule has 3 heterocycles. The third kappa shape index (κ3) is 16.1. The smallest absolute Gasteiger partial charge is 0.341 e. The van der Waals surface area contributed by atoms with Crippen LogP contribution in [0.5, 0.6) is 0 Å². The molecule has 0 aliphatic heterocycles. The number of aromatic nitrogens is 3. The van der Waals surface area contributed by atoms with Crippen LogP contribution in [0.3, 0.4) is 0 Å². The maximum atomic E-state index is 13.1. The first-order valence-corrected chi connectivity index (χ1v) is 16.8. The first-order valence-electron chi connectivity index (χ1n) is 12.1. The van der Waals surface area contributed by atoms with Crippen molar-refractivity contribution in [3.8, 4) is 0 Å². The van der Waals surface area contributed by atoms with Crippen LogP contribution >= 0.6 is 34.8 Å². The van der Waals surface area contributed by atoms with Crippen LogP contribution in [0.15, 0.2) is 36.8 Å². The molecule has 11 nitrogen and oxygen atoms in total. The minimum Gasteiger partial charge on any atom is -0.481 e. The highest BCUT2D eigenvalue weighted by Crippen LogP contribution is 2.18. The van der Waals surface area contributed by atoms with Crippen molar-refractivity contribution in [2.24, 2.45) is 0 Å². The molecule has 44 heavy (non-hydrogen) atoms. The monoisotopic (exact) mass is 695 g/mol. The van der Waals surface area contributed by atoms with Gasteiger partial charge in [-0.2, -0.15) is 4.79 Å². The van der Waals surface area contributed by atoms with Gasteiger partial charge in [-0.15, -0.1) is 0 Å². The molecule has 0 bridgehead atoms. The number of pyridine rings is 3. The Labute approximate surface area is 266 Å². The minimum absolute atomic E-state index is 0.00180. The summed E-state index contributed by atoms with van der Waals surface area (Å²) in [6.07, 6.45) is 2.89. The average molecular weight is 697 g/mol. The van der Waals surface area contributed by atoms with Crippen LogP contribution in [-0.2, 0) is 27.2 Å². The number of carboxylic acid groups (broad SMARTS) is 2. The van der Waals surface area contributed by atoms with E-state index in [4.69, 9.17) is 50.5 Å². The van der Waals surface area contributed by atoms with Crippen molar-refractivity contribution in [2.45, 2.75) is 39.4 Å². The van der Waals surface area contributed by atoms with Gasteiger partial charge in [-0.3, -0.25) is 9.59 Å². The lowest BCUT2D eigenvalue weighted by molar-refractivity contribution is -0.142. The number of carboxylic acids is 2. The zero-order valence-electron chi connectivity index (χ0n) is 23.7. The fraction of sp³-hybridized carbons (Fsp3) is 0.269. The summed E-state index contributed by atoms with van der Waals surface area (Å²) in [4.78, 5) is 45.1. The SMILES string of the molecule is CCOC(=O)Cc1c(F)ccnc1Cl.C[Si](C)(C)C=[N+]=[N-].O=C(O)Cc1c(F)ccnc1Cl.O=C(O)c1c(F)ccnc1Cl. The summed E-state index contributed by atoms with van der Waals surface area (Å²) in [5.41, 5.74) is 7.42. The fourth-order valence-electron chi connectivity index (χ4n) is 2.49. The van der Waals surface area contributed by atoms with E-state index in [2.05, 4.69) is 44.1 Å². The summed E-state index contributed by atoms with van der Waals surface area (Å²) in [6, 6.07) is 3.17. The van der Waals surface area contributed by atoms with Crippen molar-refractivity contribution >= 4 is 66.6 Å². The highest BCUT2D eigenvalue weighted by Gasteiger charge is 2.16. The number of carbonyl (C=O) groups excluding carboxylic acids is 1. The lowest BCUT2D eigenvalue weighted by Crippen LogP contribution is -2.22. The van der Waals surface area contributed by atoms with Crippen LogP contribution in [0.25, 0.3) is 5.53 Å². The summed E-state index contributed by atoms with van der Waals surface area (Å²) in [5.74, 6) is -3.49. The maximum absolute atomic E-state index is 13.1. The lowest BCUT2D eigenvalue weighted by Gasteiger charge is -2.04. The molecule has 0 spiro atoms. The van der Waals surface area contributed by atoms with Gasteiger partial charge < -0.3 is 20.5 Å². The van der Waals surface area contributed by atoms with Gasteiger partial charge in [0.2, 0.25) is 5.84 Å². The first kappa shape index (κ1) is 40.1. The van der Waals surface area contributed by atoms with Gasteiger partial charge in [0.1, 0.15) is 38.5 Å². The van der Waals surface area contributed by atoms with E-state index >= 15 is 0 Å². The van der Waals surface area contributed by atoms with Crippen LogP contribution in [0.1, 0.15) is 28.4 Å². The molecule has 0 aliphatic carbocycles. The van der Waals surface area contributed by atoms with Gasteiger partial charge in [-0.25, -0.2) is 32.9 Å². The molecule has 0 aromatic carbocycles. The summed E-state index contributed by atoms with van der Waals surface area (Å²) in [7, 11) is -1.20. The molecule has 0 saturated carbocycles. The summed E-state index contributed by atoms with van der Waals surface area (Å²) < 4.78 is 43.2. The van der Waals surface area contributed by atoms with Crippen molar-refractivity contribution in [3.63, 3.8) is 0 Å². The largest absolute Gasteiger partial charge is 0.481 e. The Morgan fingerprint density at radius 1 is 0.864 bits per heavy atom. The molecule has 18 heteroatoms. The molecule has 0 saturated heterocycles. The molecule has 0 aliphatic rings. The first-order chi connectivity index (χ1) is 20.4. The molecule has 0 atom stereocenters. The van der Waals surface area contributed by atoms with Crippen molar-refractivity contribution in [1.82, 2.24) is 15.0 Å². The van der Waals surface area contributed by atoms with E-state index in [0.29, 0.717) is 0 Å². The molecule has 3 aromatic heterocycles. The summed E-state index contributed by atoms with van der Waals surface area (Å²) in [6.45, 7) is 8.25. The Morgan fingerprint density at radius 2 is 1.30 bits per heavy atom. The molecule has 2 N–H and O–H groups in total. The van der Waals surface area contributed by atoms with Gasteiger partial charge in [0.15, 0.2) is 8.07 Å². The topological polar surface area (TPSA) is 176 Å². The van der Waals surface area contributed by atoms with Crippen LogP contribution < -0.4 is 0 Å². The quantitative estimate of drug-likeness (QED) is 0.0725. The number of carbonyl (C=O) groups is 3. The molecular formula is C26H27Cl3F3N5O6Si. The maximum Gasteiger partial charge on any atom is 0.341 e. The van der Waals surface area contributed by atoms with Gasteiger partial charge >= 0.3 is 17.9 Å². The molecular weight excluding hydrogens is 670 g/mol. The summed E-state index contributed by atoms with van der Waals surface area (Å²) in [5, 5.41) is 16.3. The van der Waals surface area contributed by atoms with Crippen molar-refractivity contribution in [1.29, 1.82) is 0 Å². The number of ether oxygens (including phenoxy) is 1. The number of aromatic carboxylic acids is 1. The minimum atomic E-state index is -1.42. The zero-order valence-corrected chi connectivity index (χ0v) is 27.0. The van der Waals surface area contributed by atoms with Crippen molar-refractivity contribution in [3.05, 3.63) is 91.9 Å². The highest BCUT2D eigenvalue weighted by molar-refractivity contribution is 6.98. The molecule has 0 radical (unpaired) electrons. The Kier molecular flexibility index (Phi) is 18.4. The van der Waals surface area contributed by atoms with Crippen molar-refractivity contribution in [2.75, 3.05) is 6.61 Å².